The Kier molecular flexibility index (Phi) is 11.5. The van der Waals surface area contributed by atoms with Gasteiger partial charge in [-0.2, -0.15) is 0 Å². The normalized spacial score (nSPS) is 18.1. The standard InChI is InChI=1S/C28H37ClN2O2S2.ClH/c1-30(21-10-6-4-7-11-21)16-8-5-9-17-33-25-15-13-22(32-3)19-23(25)27-28(34)31(2)24-14-12-20(29)18-26(24)35-27;/h12-15,18-19,21,27H,4-11,16-17H2,1-3H3;1H. The van der Waals surface area contributed by atoms with Gasteiger partial charge in [-0.3, -0.25) is 0 Å². The molecule has 1 heterocycles. The Bertz CT molecular complexity index is 1020. The number of likely N-dealkylation sites (N-methyl/N-ethyl adjacent to an activating group) is 1. The second kappa shape index (κ2) is 14.1. The van der Waals surface area contributed by atoms with E-state index in [9.17, 15) is 0 Å². The number of anilines is 1. The summed E-state index contributed by atoms with van der Waals surface area (Å²) in [4.78, 5) is 6.63. The maximum atomic E-state index is 6.32. The van der Waals surface area contributed by atoms with E-state index in [0.717, 1.165) is 50.1 Å². The van der Waals surface area contributed by atoms with Crippen molar-refractivity contribution in [2.75, 3.05) is 39.3 Å². The van der Waals surface area contributed by atoms with E-state index < -0.39 is 0 Å². The van der Waals surface area contributed by atoms with Crippen LogP contribution in [0.15, 0.2) is 41.3 Å². The fraction of sp³-hybridized carbons (Fsp3) is 0.536. The van der Waals surface area contributed by atoms with E-state index in [1.807, 2.05) is 37.4 Å². The molecule has 2 aliphatic rings. The van der Waals surface area contributed by atoms with Gasteiger partial charge >= 0.3 is 0 Å². The molecule has 4 rings (SSSR count). The average Bonchev–Trinajstić information content (AvgIpc) is 2.88. The number of fused-ring (bicyclic) bond motifs is 1. The quantitative estimate of drug-likeness (QED) is 0.211. The largest absolute Gasteiger partial charge is 0.497 e. The van der Waals surface area contributed by atoms with Crippen molar-refractivity contribution < 1.29 is 9.47 Å². The number of hydrogen-bond donors (Lipinski definition) is 0. The molecule has 36 heavy (non-hydrogen) atoms. The topological polar surface area (TPSA) is 24.9 Å². The number of ether oxygens (including phenoxy) is 2. The number of nitrogens with zero attached hydrogens (tertiary/aromatic N) is 2. The van der Waals surface area contributed by atoms with Crippen LogP contribution in [0.1, 0.15) is 62.2 Å². The number of unbranched alkanes of at least 4 members (excludes halogenated alkanes) is 2. The molecule has 1 fully saturated rings. The maximum absolute atomic E-state index is 6.32. The van der Waals surface area contributed by atoms with Crippen molar-refractivity contribution in [1.29, 1.82) is 0 Å². The zero-order valence-electron chi connectivity index (χ0n) is 21.5. The third kappa shape index (κ3) is 7.22. The minimum atomic E-state index is -0.0461. The molecule has 0 radical (unpaired) electrons. The summed E-state index contributed by atoms with van der Waals surface area (Å²) in [6.45, 7) is 1.88. The molecule has 1 saturated carbocycles. The SMILES string of the molecule is COc1ccc(OCCCCCN(C)C2CCCCC2)c(C2Sc3cc(Cl)ccc3N(C)C2=S)c1.Cl. The van der Waals surface area contributed by atoms with Crippen LogP contribution in [-0.2, 0) is 0 Å². The third-order valence-electron chi connectivity index (χ3n) is 7.19. The van der Waals surface area contributed by atoms with Gasteiger partial charge < -0.3 is 19.3 Å². The maximum Gasteiger partial charge on any atom is 0.124 e. The molecular weight excluding hydrogens is 531 g/mol. The highest BCUT2D eigenvalue weighted by atomic mass is 35.5. The zero-order valence-corrected chi connectivity index (χ0v) is 24.7. The molecule has 0 N–H and O–H groups in total. The van der Waals surface area contributed by atoms with Crippen LogP contribution in [0.3, 0.4) is 0 Å². The summed E-state index contributed by atoms with van der Waals surface area (Å²) < 4.78 is 11.9. The Balaban J connectivity index is 0.00000361. The Labute approximate surface area is 237 Å². The van der Waals surface area contributed by atoms with Crippen molar-refractivity contribution in [3.05, 3.63) is 47.0 Å². The van der Waals surface area contributed by atoms with Gasteiger partial charge in [0.1, 0.15) is 16.5 Å². The Morgan fingerprint density at radius 3 is 2.61 bits per heavy atom. The second-order valence-corrected chi connectivity index (χ2v) is 11.6. The van der Waals surface area contributed by atoms with Gasteiger partial charge in [0.05, 0.1) is 24.7 Å². The lowest BCUT2D eigenvalue weighted by Gasteiger charge is -2.34. The van der Waals surface area contributed by atoms with Crippen molar-refractivity contribution in [3.63, 3.8) is 0 Å². The van der Waals surface area contributed by atoms with Crippen molar-refractivity contribution in [2.24, 2.45) is 0 Å². The van der Waals surface area contributed by atoms with E-state index in [0.29, 0.717) is 6.61 Å². The first-order valence-electron chi connectivity index (χ1n) is 12.7. The molecule has 4 nitrogen and oxygen atoms in total. The summed E-state index contributed by atoms with van der Waals surface area (Å²) in [7, 11) is 6.01. The second-order valence-electron chi connectivity index (χ2n) is 9.59. The van der Waals surface area contributed by atoms with Crippen LogP contribution in [0.25, 0.3) is 0 Å². The molecular formula is C28H38Cl2N2O2S2. The van der Waals surface area contributed by atoms with Gasteiger partial charge in [-0.1, -0.05) is 43.1 Å². The molecule has 1 unspecified atom stereocenters. The molecule has 198 valence electrons. The van der Waals surface area contributed by atoms with Crippen LogP contribution in [0.5, 0.6) is 11.5 Å². The molecule has 8 heteroatoms. The highest BCUT2D eigenvalue weighted by Gasteiger charge is 2.32. The van der Waals surface area contributed by atoms with Gasteiger partial charge in [-0.15, -0.1) is 24.2 Å². The van der Waals surface area contributed by atoms with Crippen LogP contribution in [0, 0.1) is 0 Å². The van der Waals surface area contributed by atoms with E-state index in [1.165, 1.54) is 51.5 Å². The predicted octanol–water partition coefficient (Wildman–Crippen LogP) is 8.19. The lowest BCUT2D eigenvalue weighted by atomic mass is 9.94. The Hall–Kier alpha value is -1.18. The summed E-state index contributed by atoms with van der Waals surface area (Å²) in [6, 6.07) is 12.8. The van der Waals surface area contributed by atoms with E-state index >= 15 is 0 Å². The molecule has 0 spiro atoms. The van der Waals surface area contributed by atoms with Crippen molar-refractivity contribution in [2.45, 2.75) is 67.6 Å². The van der Waals surface area contributed by atoms with E-state index in [1.54, 1.807) is 18.9 Å². The number of methoxy groups -OCH3 is 1. The minimum absolute atomic E-state index is 0. The van der Waals surface area contributed by atoms with E-state index in [4.69, 9.17) is 33.3 Å². The molecule has 2 aromatic carbocycles. The Morgan fingerprint density at radius 2 is 1.86 bits per heavy atom. The van der Waals surface area contributed by atoms with Crippen molar-refractivity contribution >= 4 is 58.7 Å². The minimum Gasteiger partial charge on any atom is -0.497 e. The lowest BCUT2D eigenvalue weighted by Crippen LogP contribution is -2.34. The third-order valence-corrected chi connectivity index (χ3v) is 9.38. The summed E-state index contributed by atoms with van der Waals surface area (Å²) in [5.74, 6) is 1.69. The average molecular weight is 570 g/mol. The van der Waals surface area contributed by atoms with Crippen LogP contribution < -0.4 is 14.4 Å². The van der Waals surface area contributed by atoms with Crippen LogP contribution in [-0.4, -0.2) is 50.3 Å². The molecule has 0 bridgehead atoms. The van der Waals surface area contributed by atoms with E-state index in [2.05, 4.69) is 22.9 Å². The first-order valence-corrected chi connectivity index (χ1v) is 14.4. The first kappa shape index (κ1) is 29.4. The van der Waals surface area contributed by atoms with Gasteiger partial charge in [0.15, 0.2) is 0 Å². The fourth-order valence-electron chi connectivity index (χ4n) is 5.04. The lowest BCUT2D eigenvalue weighted by molar-refractivity contribution is 0.187. The summed E-state index contributed by atoms with van der Waals surface area (Å²) in [5.41, 5.74) is 2.14. The molecule has 0 aromatic heterocycles. The highest BCUT2D eigenvalue weighted by molar-refractivity contribution is 8.01. The highest BCUT2D eigenvalue weighted by Crippen LogP contribution is 2.50. The summed E-state index contributed by atoms with van der Waals surface area (Å²) in [5, 5.41) is 0.683. The number of thioether (sulfide) groups is 1. The fourth-order valence-corrected chi connectivity index (χ4v) is 7.00. The monoisotopic (exact) mass is 568 g/mol. The molecule has 2 aromatic rings. The first-order chi connectivity index (χ1) is 17.0. The molecule has 0 amide bonds. The van der Waals surface area contributed by atoms with Gasteiger partial charge in [0.2, 0.25) is 0 Å². The van der Waals surface area contributed by atoms with Gasteiger partial charge in [0.25, 0.3) is 0 Å². The van der Waals surface area contributed by atoms with Crippen LogP contribution >= 0.6 is 48.0 Å². The summed E-state index contributed by atoms with van der Waals surface area (Å²) in [6.07, 6.45) is 10.4. The molecule has 1 aliphatic carbocycles. The predicted molar refractivity (Wildman–Crippen MR) is 160 cm³/mol. The van der Waals surface area contributed by atoms with Crippen LogP contribution in [0.2, 0.25) is 5.02 Å². The van der Waals surface area contributed by atoms with E-state index in [-0.39, 0.29) is 17.7 Å². The number of thiocarbonyl (C=S) groups is 1. The van der Waals surface area contributed by atoms with Gasteiger partial charge in [0, 0.05) is 28.6 Å². The smallest absolute Gasteiger partial charge is 0.124 e. The Morgan fingerprint density at radius 1 is 1.08 bits per heavy atom. The number of benzene rings is 2. The molecule has 1 aliphatic heterocycles. The summed E-state index contributed by atoms with van der Waals surface area (Å²) >= 11 is 13.9. The number of hydrogen-bond acceptors (Lipinski definition) is 5. The van der Waals surface area contributed by atoms with Gasteiger partial charge in [-0.05, 0) is 82.1 Å². The van der Waals surface area contributed by atoms with Crippen molar-refractivity contribution in [3.8, 4) is 11.5 Å². The van der Waals surface area contributed by atoms with Gasteiger partial charge in [-0.25, -0.2) is 0 Å². The molecule has 1 atom stereocenters. The number of halogens is 2. The van der Waals surface area contributed by atoms with Crippen LogP contribution in [0.4, 0.5) is 5.69 Å². The van der Waals surface area contributed by atoms with Crippen molar-refractivity contribution in [1.82, 2.24) is 4.90 Å². The zero-order chi connectivity index (χ0) is 24.8. The molecule has 0 saturated heterocycles. The number of rotatable bonds is 10.